The predicted molar refractivity (Wildman–Crippen MR) is 119 cm³/mol. The second kappa shape index (κ2) is 8.07. The van der Waals surface area contributed by atoms with Crippen molar-refractivity contribution in [3.8, 4) is 11.5 Å². The number of ether oxygens (including phenoxy) is 2. The summed E-state index contributed by atoms with van der Waals surface area (Å²) in [4.78, 5) is 38.0. The fourth-order valence-corrected chi connectivity index (χ4v) is 3.81. The van der Waals surface area contributed by atoms with Gasteiger partial charge in [-0.25, -0.2) is 0 Å². The van der Waals surface area contributed by atoms with E-state index < -0.39 is 11.8 Å². The first kappa shape index (κ1) is 19.6. The van der Waals surface area contributed by atoms with Crippen LogP contribution in [-0.4, -0.2) is 29.6 Å². The zero-order valence-electron chi connectivity index (χ0n) is 17.0. The number of amides is 2. The number of nitrogens with one attached hydrogen (secondary N) is 2. The van der Waals surface area contributed by atoms with Gasteiger partial charge in [-0.3, -0.25) is 25.2 Å². The number of hydrogen-bond acceptors (Lipinski definition) is 5. The number of fused-ring (bicyclic) bond motifs is 3. The maximum absolute atomic E-state index is 12.8. The largest absolute Gasteiger partial charge is 0.486 e. The van der Waals surface area contributed by atoms with Crippen LogP contribution >= 0.6 is 0 Å². The van der Waals surface area contributed by atoms with E-state index in [0.717, 1.165) is 0 Å². The van der Waals surface area contributed by atoms with Crippen molar-refractivity contribution in [2.24, 2.45) is 0 Å². The molecule has 3 aromatic carbocycles. The minimum atomic E-state index is -0.482. The molecule has 4 aromatic rings. The standard InChI is InChI=1S/C24H19N3O5/c28-22(25-26-24(30)15-9-10-20-21(13-15)32-12-11-31-20)14-27-18-7-3-1-5-16(18)23(29)17-6-2-4-8-19(17)27/h1-10,13H,11-12,14H2,(H,25,28)(H,26,30). The van der Waals surface area contributed by atoms with Gasteiger partial charge in [-0.15, -0.1) is 0 Å². The molecular weight excluding hydrogens is 410 g/mol. The molecule has 0 spiro atoms. The van der Waals surface area contributed by atoms with Crippen molar-refractivity contribution in [2.45, 2.75) is 6.54 Å². The first-order chi connectivity index (χ1) is 15.6. The van der Waals surface area contributed by atoms with E-state index in [-0.39, 0.29) is 12.0 Å². The lowest BCUT2D eigenvalue weighted by atomic mass is 10.1. The molecule has 1 aromatic heterocycles. The molecule has 1 aliphatic heterocycles. The Hall–Kier alpha value is -4.33. The second-order valence-corrected chi connectivity index (χ2v) is 7.31. The second-order valence-electron chi connectivity index (χ2n) is 7.31. The third-order valence-electron chi connectivity index (χ3n) is 5.30. The Bertz CT molecular complexity index is 1370. The fourth-order valence-electron chi connectivity index (χ4n) is 3.81. The Morgan fingerprint density at radius 3 is 2.12 bits per heavy atom. The maximum Gasteiger partial charge on any atom is 0.269 e. The van der Waals surface area contributed by atoms with Crippen molar-refractivity contribution >= 4 is 33.6 Å². The van der Waals surface area contributed by atoms with E-state index in [1.807, 2.05) is 12.1 Å². The number of aromatic nitrogens is 1. The third kappa shape index (κ3) is 3.51. The molecule has 2 N–H and O–H groups in total. The number of carbonyl (C=O) groups excluding carboxylic acids is 2. The highest BCUT2D eigenvalue weighted by Crippen LogP contribution is 2.30. The summed E-state index contributed by atoms with van der Waals surface area (Å²) in [5.74, 6) is 0.148. The van der Waals surface area contributed by atoms with Gasteiger partial charge in [0.1, 0.15) is 19.8 Å². The monoisotopic (exact) mass is 429 g/mol. The Labute approximate surface area is 182 Å². The summed E-state index contributed by atoms with van der Waals surface area (Å²) < 4.78 is 12.7. The molecule has 0 radical (unpaired) electrons. The van der Waals surface area contributed by atoms with Gasteiger partial charge in [-0.1, -0.05) is 24.3 Å². The van der Waals surface area contributed by atoms with E-state index in [1.165, 1.54) is 0 Å². The van der Waals surface area contributed by atoms with Crippen molar-refractivity contribution in [3.63, 3.8) is 0 Å². The van der Waals surface area contributed by atoms with Crippen LogP contribution in [0.1, 0.15) is 10.4 Å². The first-order valence-corrected chi connectivity index (χ1v) is 10.1. The zero-order chi connectivity index (χ0) is 22.1. The van der Waals surface area contributed by atoms with E-state index in [2.05, 4.69) is 10.9 Å². The Morgan fingerprint density at radius 1 is 0.812 bits per heavy atom. The quantitative estimate of drug-likeness (QED) is 0.385. The average molecular weight is 429 g/mol. The number of rotatable bonds is 3. The number of carbonyl (C=O) groups is 2. The highest BCUT2D eigenvalue weighted by atomic mass is 16.6. The summed E-state index contributed by atoms with van der Waals surface area (Å²) in [6, 6.07) is 19.1. The van der Waals surface area contributed by atoms with Crippen molar-refractivity contribution in [3.05, 3.63) is 82.5 Å². The molecule has 1 aliphatic rings. The number of para-hydroxylation sites is 2. The molecule has 8 nitrogen and oxygen atoms in total. The Kier molecular flexibility index (Phi) is 4.95. The van der Waals surface area contributed by atoms with E-state index in [4.69, 9.17) is 9.47 Å². The molecule has 2 heterocycles. The third-order valence-corrected chi connectivity index (χ3v) is 5.30. The topological polar surface area (TPSA) is 98.7 Å². The summed E-state index contributed by atoms with van der Waals surface area (Å²) in [7, 11) is 0. The maximum atomic E-state index is 12.8. The van der Waals surface area contributed by atoms with Crippen LogP contribution in [0.25, 0.3) is 21.8 Å². The van der Waals surface area contributed by atoms with Crippen LogP contribution in [0.15, 0.2) is 71.5 Å². The Morgan fingerprint density at radius 2 is 1.44 bits per heavy atom. The normalized spacial score (nSPS) is 12.5. The summed E-state index contributed by atoms with van der Waals surface area (Å²) in [5.41, 5.74) is 6.40. The highest BCUT2D eigenvalue weighted by Gasteiger charge is 2.16. The van der Waals surface area contributed by atoms with Crippen LogP contribution in [0.5, 0.6) is 11.5 Å². The van der Waals surface area contributed by atoms with Crippen LogP contribution in [0.4, 0.5) is 0 Å². The van der Waals surface area contributed by atoms with Gasteiger partial charge in [-0.2, -0.15) is 0 Å². The van der Waals surface area contributed by atoms with Crippen molar-refractivity contribution < 1.29 is 19.1 Å². The van der Waals surface area contributed by atoms with E-state index in [1.54, 1.807) is 59.2 Å². The van der Waals surface area contributed by atoms with Crippen LogP contribution < -0.4 is 25.8 Å². The molecule has 0 aliphatic carbocycles. The van der Waals surface area contributed by atoms with Crippen LogP contribution in [0.2, 0.25) is 0 Å². The Balaban J connectivity index is 1.37. The summed E-state index contributed by atoms with van der Waals surface area (Å²) in [5, 5.41) is 1.05. The van der Waals surface area contributed by atoms with Gasteiger partial charge >= 0.3 is 0 Å². The highest BCUT2D eigenvalue weighted by molar-refractivity contribution is 5.97. The predicted octanol–water partition coefficient (Wildman–Crippen LogP) is 2.39. The molecular formula is C24H19N3O5. The molecule has 0 fully saturated rings. The van der Waals surface area contributed by atoms with Gasteiger partial charge in [0.25, 0.3) is 11.8 Å². The molecule has 2 amide bonds. The lowest BCUT2D eigenvalue weighted by molar-refractivity contribution is -0.122. The van der Waals surface area contributed by atoms with Gasteiger partial charge in [0, 0.05) is 16.3 Å². The minimum Gasteiger partial charge on any atom is -0.486 e. The summed E-state index contributed by atoms with van der Waals surface area (Å²) in [6.45, 7) is 0.793. The van der Waals surface area contributed by atoms with E-state index >= 15 is 0 Å². The first-order valence-electron chi connectivity index (χ1n) is 10.1. The van der Waals surface area contributed by atoms with Crippen molar-refractivity contribution in [1.29, 1.82) is 0 Å². The molecule has 0 atom stereocenters. The molecule has 32 heavy (non-hydrogen) atoms. The molecule has 0 bridgehead atoms. The fraction of sp³-hybridized carbons (Fsp3) is 0.125. The average Bonchev–Trinajstić information content (AvgIpc) is 2.84. The number of hydrogen-bond donors (Lipinski definition) is 2. The molecule has 0 saturated heterocycles. The SMILES string of the molecule is O=C(Cn1c2ccccc2c(=O)c2ccccc21)NNC(=O)c1ccc2c(c1)OCCO2. The minimum absolute atomic E-state index is 0.0806. The molecule has 0 unspecified atom stereocenters. The smallest absolute Gasteiger partial charge is 0.269 e. The number of benzene rings is 3. The van der Waals surface area contributed by atoms with E-state index in [9.17, 15) is 14.4 Å². The molecule has 5 rings (SSSR count). The van der Waals surface area contributed by atoms with Crippen LogP contribution in [0.3, 0.4) is 0 Å². The number of pyridine rings is 1. The van der Waals surface area contributed by atoms with Gasteiger partial charge in [0.05, 0.1) is 11.0 Å². The van der Waals surface area contributed by atoms with E-state index in [0.29, 0.717) is 52.1 Å². The summed E-state index contributed by atoms with van der Waals surface area (Å²) in [6.07, 6.45) is 0. The zero-order valence-corrected chi connectivity index (χ0v) is 17.0. The van der Waals surface area contributed by atoms with Crippen LogP contribution in [-0.2, 0) is 11.3 Å². The van der Waals surface area contributed by atoms with Gasteiger partial charge < -0.3 is 14.0 Å². The molecule has 8 heteroatoms. The number of nitrogens with zero attached hydrogens (tertiary/aromatic N) is 1. The lowest BCUT2D eigenvalue weighted by Crippen LogP contribution is -2.43. The van der Waals surface area contributed by atoms with Gasteiger partial charge in [0.15, 0.2) is 16.9 Å². The van der Waals surface area contributed by atoms with Crippen molar-refractivity contribution in [2.75, 3.05) is 13.2 Å². The van der Waals surface area contributed by atoms with Gasteiger partial charge in [-0.05, 0) is 42.5 Å². The summed E-state index contributed by atoms with van der Waals surface area (Å²) >= 11 is 0. The number of hydrazine groups is 1. The molecule has 160 valence electrons. The van der Waals surface area contributed by atoms with Gasteiger partial charge in [0.2, 0.25) is 0 Å². The lowest BCUT2D eigenvalue weighted by Gasteiger charge is -2.19. The van der Waals surface area contributed by atoms with Crippen LogP contribution in [0, 0.1) is 0 Å². The molecule has 0 saturated carbocycles. The van der Waals surface area contributed by atoms with Crippen molar-refractivity contribution in [1.82, 2.24) is 15.4 Å².